The van der Waals surface area contributed by atoms with E-state index in [0.717, 1.165) is 24.2 Å². The van der Waals surface area contributed by atoms with Crippen LogP contribution in [0.15, 0.2) is 60.7 Å². The Morgan fingerprint density at radius 3 is 2.45 bits per heavy atom. The predicted octanol–water partition coefficient (Wildman–Crippen LogP) is 2.15. The van der Waals surface area contributed by atoms with Crippen LogP contribution in [-0.2, 0) is 0 Å². The quantitative estimate of drug-likeness (QED) is 0.679. The predicted molar refractivity (Wildman–Crippen MR) is 87.5 cm³/mol. The van der Waals surface area contributed by atoms with Gasteiger partial charge in [0.2, 0.25) is 0 Å². The lowest BCUT2D eigenvalue weighted by atomic mass is 10.0. The van der Waals surface area contributed by atoms with E-state index in [2.05, 4.69) is 17.3 Å². The lowest BCUT2D eigenvalue weighted by molar-refractivity contribution is 0.0856. The first-order chi connectivity index (χ1) is 10.8. The highest BCUT2D eigenvalue weighted by Crippen LogP contribution is 2.11. The number of nitrogens with one attached hydrogen (secondary N) is 1. The van der Waals surface area contributed by atoms with E-state index in [1.54, 1.807) is 0 Å². The van der Waals surface area contributed by atoms with Gasteiger partial charge in [-0.2, -0.15) is 0 Å². The fraction of sp³-hybridized carbons (Fsp3) is 0.211. The highest BCUT2D eigenvalue weighted by molar-refractivity contribution is 6.00. The van der Waals surface area contributed by atoms with Crippen molar-refractivity contribution in [2.75, 3.05) is 19.6 Å². The second-order valence-corrected chi connectivity index (χ2v) is 5.25. The average molecular weight is 290 g/mol. The largest absolute Gasteiger partial charge is 0.319 e. The summed E-state index contributed by atoms with van der Waals surface area (Å²) in [5, 5.41) is 3.28. The molecular formula is C19H18N2O. The summed E-state index contributed by atoms with van der Waals surface area (Å²) >= 11 is 0. The molecule has 1 heterocycles. The second kappa shape index (κ2) is 6.93. The lowest BCUT2D eigenvalue weighted by Gasteiger charge is -2.32. The Kier molecular flexibility index (Phi) is 4.53. The highest BCUT2D eigenvalue weighted by Gasteiger charge is 2.27. The lowest BCUT2D eigenvalue weighted by Crippen LogP contribution is -2.52. The summed E-state index contributed by atoms with van der Waals surface area (Å²) in [4.78, 5) is 14.6. The van der Waals surface area contributed by atoms with Crippen molar-refractivity contribution in [3.8, 4) is 12.0 Å². The summed E-state index contributed by atoms with van der Waals surface area (Å²) in [6.07, 6.45) is 0. The normalized spacial score (nSPS) is 17.5. The molecule has 0 saturated carbocycles. The van der Waals surface area contributed by atoms with Gasteiger partial charge in [0, 0.05) is 36.8 Å². The minimum Gasteiger partial charge on any atom is -0.319 e. The maximum absolute atomic E-state index is 12.7. The number of carbonyl (C=O) groups excluding carboxylic acids is 1. The van der Waals surface area contributed by atoms with Crippen LogP contribution >= 0.6 is 0 Å². The summed E-state index contributed by atoms with van der Waals surface area (Å²) in [5.41, 5.74) is 1.70. The van der Waals surface area contributed by atoms with Crippen LogP contribution in [0.25, 0.3) is 0 Å². The zero-order valence-electron chi connectivity index (χ0n) is 12.3. The Balaban J connectivity index is 1.80. The van der Waals surface area contributed by atoms with Crippen LogP contribution in [0, 0.1) is 12.0 Å². The molecule has 22 heavy (non-hydrogen) atoms. The van der Waals surface area contributed by atoms with Crippen LogP contribution < -0.4 is 5.32 Å². The zero-order valence-corrected chi connectivity index (χ0v) is 12.3. The molecule has 3 rings (SSSR count). The molecule has 1 aliphatic rings. The number of rotatable bonds is 2. The third-order valence-electron chi connectivity index (χ3n) is 3.72. The maximum atomic E-state index is 12.7. The van der Waals surface area contributed by atoms with Crippen molar-refractivity contribution < 1.29 is 4.79 Å². The molecule has 0 aromatic heterocycles. The summed E-state index contributed by atoms with van der Waals surface area (Å²) in [6.45, 7) is 2.24. The fourth-order valence-electron chi connectivity index (χ4n) is 2.53. The molecule has 2 aromatic carbocycles. The molecule has 1 saturated heterocycles. The number of hydrogen-bond donors (Lipinski definition) is 1. The topological polar surface area (TPSA) is 32.3 Å². The number of hydrogen-bond acceptors (Lipinski definition) is 3. The van der Waals surface area contributed by atoms with Gasteiger partial charge in [-0.1, -0.05) is 48.5 Å². The van der Waals surface area contributed by atoms with E-state index in [-0.39, 0.29) is 11.8 Å². The average Bonchev–Trinajstić information content (AvgIpc) is 2.61. The van der Waals surface area contributed by atoms with Crippen molar-refractivity contribution >= 4 is 5.78 Å². The van der Waals surface area contributed by atoms with Gasteiger partial charge in [0.1, 0.15) is 6.04 Å². The molecule has 3 heteroatoms. The first-order valence-electron chi connectivity index (χ1n) is 7.48. The SMILES string of the molecule is O=C(c1ccccc1)C1CNCCN1C#Cc1ccccc1. The van der Waals surface area contributed by atoms with Gasteiger partial charge in [-0.05, 0) is 18.1 Å². The minimum atomic E-state index is -0.229. The molecule has 1 N–H and O–H groups in total. The van der Waals surface area contributed by atoms with Crippen LogP contribution in [-0.4, -0.2) is 36.4 Å². The molecule has 110 valence electrons. The van der Waals surface area contributed by atoms with Crippen molar-refractivity contribution in [3.05, 3.63) is 71.8 Å². The number of nitrogens with zero attached hydrogens (tertiary/aromatic N) is 1. The number of benzene rings is 2. The molecule has 1 atom stereocenters. The third kappa shape index (κ3) is 3.36. The summed E-state index contributed by atoms with van der Waals surface area (Å²) in [5.74, 6) is 3.27. The van der Waals surface area contributed by atoms with Gasteiger partial charge in [-0.3, -0.25) is 4.79 Å². The molecule has 3 nitrogen and oxygen atoms in total. The number of piperazine rings is 1. The highest BCUT2D eigenvalue weighted by atomic mass is 16.1. The van der Waals surface area contributed by atoms with Gasteiger partial charge >= 0.3 is 0 Å². The zero-order chi connectivity index (χ0) is 15.2. The van der Waals surface area contributed by atoms with Crippen LogP contribution in [0.2, 0.25) is 0 Å². The fourth-order valence-corrected chi connectivity index (χ4v) is 2.53. The summed E-state index contributed by atoms with van der Waals surface area (Å²) in [6, 6.07) is 22.2. The maximum Gasteiger partial charge on any atom is 0.187 e. The standard InChI is InChI=1S/C19H18N2O/c22-19(17-9-5-2-6-10-17)18-15-20-12-14-21(18)13-11-16-7-3-1-4-8-16/h1-10,18,20H,12,14-15H2. The van der Waals surface area contributed by atoms with Crippen molar-refractivity contribution in [1.29, 1.82) is 0 Å². The Morgan fingerprint density at radius 2 is 1.73 bits per heavy atom. The van der Waals surface area contributed by atoms with E-state index >= 15 is 0 Å². The number of Topliss-reactive ketones (excluding diaryl/α,β-unsaturated/α-hetero) is 1. The van der Waals surface area contributed by atoms with Crippen LogP contribution in [0.5, 0.6) is 0 Å². The van der Waals surface area contributed by atoms with E-state index in [9.17, 15) is 4.79 Å². The summed E-state index contributed by atoms with van der Waals surface area (Å²) < 4.78 is 0. The Bertz CT molecular complexity index is 686. The van der Waals surface area contributed by atoms with Crippen LogP contribution in [0.1, 0.15) is 15.9 Å². The molecule has 0 radical (unpaired) electrons. The van der Waals surface area contributed by atoms with Gasteiger partial charge in [0.15, 0.2) is 5.78 Å². The number of ketones is 1. The summed E-state index contributed by atoms with van der Waals surface area (Å²) in [7, 11) is 0. The third-order valence-corrected chi connectivity index (χ3v) is 3.72. The van der Waals surface area contributed by atoms with E-state index in [1.807, 2.05) is 65.6 Å². The Labute approximate surface area is 131 Å². The Morgan fingerprint density at radius 1 is 1.05 bits per heavy atom. The van der Waals surface area contributed by atoms with E-state index in [1.165, 1.54) is 0 Å². The van der Waals surface area contributed by atoms with Crippen LogP contribution in [0.4, 0.5) is 0 Å². The first kappa shape index (κ1) is 14.4. The van der Waals surface area contributed by atoms with Crippen molar-refractivity contribution in [2.45, 2.75) is 6.04 Å². The molecule has 0 spiro atoms. The molecule has 0 bridgehead atoms. The molecule has 1 aliphatic heterocycles. The van der Waals surface area contributed by atoms with Gasteiger partial charge in [0.25, 0.3) is 0 Å². The molecular weight excluding hydrogens is 272 g/mol. The molecule has 1 fully saturated rings. The molecule has 0 aliphatic carbocycles. The van der Waals surface area contributed by atoms with Gasteiger partial charge in [-0.25, -0.2) is 0 Å². The van der Waals surface area contributed by atoms with Gasteiger partial charge < -0.3 is 10.2 Å². The van der Waals surface area contributed by atoms with E-state index < -0.39 is 0 Å². The monoisotopic (exact) mass is 290 g/mol. The van der Waals surface area contributed by atoms with E-state index in [0.29, 0.717) is 6.54 Å². The van der Waals surface area contributed by atoms with Gasteiger partial charge in [0.05, 0.1) is 0 Å². The van der Waals surface area contributed by atoms with Crippen molar-refractivity contribution in [1.82, 2.24) is 10.2 Å². The smallest absolute Gasteiger partial charge is 0.187 e. The van der Waals surface area contributed by atoms with Crippen molar-refractivity contribution in [2.24, 2.45) is 0 Å². The minimum absolute atomic E-state index is 0.121. The second-order valence-electron chi connectivity index (χ2n) is 5.25. The molecule has 2 aromatic rings. The molecule has 1 unspecified atom stereocenters. The molecule has 0 amide bonds. The number of carbonyl (C=O) groups is 1. The first-order valence-corrected chi connectivity index (χ1v) is 7.48. The Hall–Kier alpha value is -2.57. The van der Waals surface area contributed by atoms with E-state index in [4.69, 9.17) is 0 Å². The van der Waals surface area contributed by atoms with Crippen LogP contribution in [0.3, 0.4) is 0 Å². The van der Waals surface area contributed by atoms with Gasteiger partial charge in [-0.15, -0.1) is 0 Å². The van der Waals surface area contributed by atoms with Crippen molar-refractivity contribution in [3.63, 3.8) is 0 Å².